The maximum absolute atomic E-state index is 12.0. The van der Waals surface area contributed by atoms with Gasteiger partial charge in [-0.1, -0.05) is 30.3 Å². The molecule has 0 fully saturated rings. The minimum atomic E-state index is -0.121. The number of hydrogen-bond donors (Lipinski definition) is 0. The van der Waals surface area contributed by atoms with Crippen LogP contribution < -0.4 is 10.4 Å². The third kappa shape index (κ3) is 1.40. The molecule has 2 aliphatic rings. The molecule has 3 nitrogen and oxygen atoms in total. The molecule has 0 spiro atoms. The Kier molecular flexibility index (Phi) is 2.11. The lowest BCUT2D eigenvalue weighted by atomic mass is 10.1. The average Bonchev–Trinajstić information content (AvgIpc) is 2.54. The van der Waals surface area contributed by atoms with E-state index < -0.39 is 0 Å². The van der Waals surface area contributed by atoms with Gasteiger partial charge in [-0.15, -0.1) is 0 Å². The van der Waals surface area contributed by atoms with E-state index in [-0.39, 0.29) is 5.56 Å². The first-order chi connectivity index (χ1) is 8.31. The number of fused-ring (bicyclic) bond motifs is 3. The van der Waals surface area contributed by atoms with Crippen molar-refractivity contribution in [1.82, 2.24) is 4.73 Å². The predicted octanol–water partition coefficient (Wildman–Crippen LogP) is 2.16. The highest BCUT2D eigenvalue weighted by Crippen LogP contribution is 2.31. The standard InChI is InChI=1S/C14H11NO2/c1-17-15-8-7-12-11-6-4-2-3-5-10(11)9-13(12)14(15)16/h2-9H,1H3. The van der Waals surface area contributed by atoms with Crippen LogP contribution in [-0.2, 0) is 0 Å². The Labute approximate surface area is 98.2 Å². The zero-order valence-corrected chi connectivity index (χ0v) is 9.38. The largest absolute Gasteiger partial charge is 0.414 e. The van der Waals surface area contributed by atoms with Crippen molar-refractivity contribution >= 4 is 10.8 Å². The number of nitrogens with zero attached hydrogens (tertiary/aromatic N) is 1. The van der Waals surface area contributed by atoms with E-state index in [1.54, 1.807) is 6.20 Å². The molecular weight excluding hydrogens is 214 g/mol. The summed E-state index contributed by atoms with van der Waals surface area (Å²) in [6.07, 6.45) is 1.65. The van der Waals surface area contributed by atoms with Crippen LogP contribution in [0, 0.1) is 0 Å². The van der Waals surface area contributed by atoms with Crippen molar-refractivity contribution < 1.29 is 4.84 Å². The number of rotatable bonds is 1. The number of pyridine rings is 1. The molecule has 2 aliphatic carbocycles. The van der Waals surface area contributed by atoms with Crippen molar-refractivity contribution in [3.63, 3.8) is 0 Å². The van der Waals surface area contributed by atoms with Crippen LogP contribution in [0.4, 0.5) is 0 Å². The van der Waals surface area contributed by atoms with E-state index in [0.29, 0.717) is 5.39 Å². The Balaban J connectivity index is 2.49. The SMILES string of the molecule is COn1ccc2c3cccccc-3cc2c1=O. The van der Waals surface area contributed by atoms with Crippen molar-refractivity contribution in [2.45, 2.75) is 0 Å². The first-order valence-corrected chi connectivity index (χ1v) is 5.39. The minimum Gasteiger partial charge on any atom is -0.414 e. The summed E-state index contributed by atoms with van der Waals surface area (Å²) in [6.45, 7) is 0. The van der Waals surface area contributed by atoms with Crippen LogP contribution in [0.3, 0.4) is 0 Å². The molecule has 0 radical (unpaired) electrons. The first kappa shape index (κ1) is 9.90. The van der Waals surface area contributed by atoms with Gasteiger partial charge in [0.2, 0.25) is 0 Å². The highest BCUT2D eigenvalue weighted by atomic mass is 16.6. The highest BCUT2D eigenvalue weighted by molar-refractivity contribution is 6.01. The van der Waals surface area contributed by atoms with Crippen LogP contribution in [0.25, 0.3) is 21.9 Å². The van der Waals surface area contributed by atoms with E-state index >= 15 is 0 Å². The van der Waals surface area contributed by atoms with Gasteiger partial charge in [0.1, 0.15) is 7.11 Å². The van der Waals surface area contributed by atoms with Crippen molar-refractivity contribution in [3.8, 4) is 11.1 Å². The third-order valence-corrected chi connectivity index (χ3v) is 2.96. The topological polar surface area (TPSA) is 31.2 Å². The Hall–Kier alpha value is -2.29. The van der Waals surface area contributed by atoms with Crippen LogP contribution in [0.5, 0.6) is 0 Å². The summed E-state index contributed by atoms with van der Waals surface area (Å²) in [5.41, 5.74) is 2.03. The van der Waals surface area contributed by atoms with Crippen LogP contribution in [0.15, 0.2) is 53.5 Å². The Morgan fingerprint density at radius 1 is 1.06 bits per heavy atom. The normalized spacial score (nSPS) is 10.9. The van der Waals surface area contributed by atoms with E-state index in [1.807, 2.05) is 42.5 Å². The molecule has 84 valence electrons. The highest BCUT2D eigenvalue weighted by Gasteiger charge is 2.11. The third-order valence-electron chi connectivity index (χ3n) is 2.96. The van der Waals surface area contributed by atoms with Crippen molar-refractivity contribution in [1.29, 1.82) is 0 Å². The molecule has 0 aromatic carbocycles. The molecule has 0 aliphatic heterocycles. The van der Waals surface area contributed by atoms with Gasteiger partial charge in [0.05, 0.1) is 5.39 Å². The molecule has 0 unspecified atom stereocenters. The van der Waals surface area contributed by atoms with Crippen LogP contribution in [0.2, 0.25) is 0 Å². The molecular formula is C14H11NO2. The molecule has 1 aromatic rings. The number of aromatic nitrogens is 1. The maximum Gasteiger partial charge on any atom is 0.290 e. The van der Waals surface area contributed by atoms with Gasteiger partial charge < -0.3 is 4.84 Å². The lowest BCUT2D eigenvalue weighted by molar-refractivity contribution is 0.158. The van der Waals surface area contributed by atoms with E-state index in [2.05, 4.69) is 0 Å². The zero-order chi connectivity index (χ0) is 11.8. The van der Waals surface area contributed by atoms with E-state index in [4.69, 9.17) is 4.84 Å². The molecule has 0 saturated heterocycles. The van der Waals surface area contributed by atoms with Crippen molar-refractivity contribution in [3.05, 3.63) is 59.0 Å². The Morgan fingerprint density at radius 3 is 2.71 bits per heavy atom. The van der Waals surface area contributed by atoms with Crippen LogP contribution in [-0.4, -0.2) is 11.8 Å². The fraction of sp³-hybridized carbons (Fsp3) is 0.0714. The van der Waals surface area contributed by atoms with Gasteiger partial charge in [0.25, 0.3) is 5.56 Å². The van der Waals surface area contributed by atoms with Crippen LogP contribution in [0.1, 0.15) is 0 Å². The second-order valence-electron chi connectivity index (χ2n) is 3.88. The lowest BCUT2D eigenvalue weighted by Crippen LogP contribution is -2.23. The molecule has 1 aromatic heterocycles. The monoisotopic (exact) mass is 225 g/mol. The van der Waals surface area contributed by atoms with Gasteiger partial charge in [-0.05, 0) is 28.6 Å². The lowest BCUT2D eigenvalue weighted by Gasteiger charge is -2.02. The zero-order valence-electron chi connectivity index (χ0n) is 9.38. The van der Waals surface area contributed by atoms with Gasteiger partial charge >= 0.3 is 0 Å². The second-order valence-corrected chi connectivity index (χ2v) is 3.88. The summed E-state index contributed by atoms with van der Waals surface area (Å²) in [7, 11) is 1.48. The van der Waals surface area contributed by atoms with Gasteiger partial charge in [0.15, 0.2) is 0 Å². The summed E-state index contributed by atoms with van der Waals surface area (Å²) in [5, 5.41) is 1.66. The summed E-state index contributed by atoms with van der Waals surface area (Å²) in [5.74, 6) is 0. The molecule has 0 bridgehead atoms. The fourth-order valence-electron chi connectivity index (χ4n) is 2.14. The first-order valence-electron chi connectivity index (χ1n) is 5.39. The summed E-state index contributed by atoms with van der Waals surface area (Å²) in [6, 6.07) is 13.8. The van der Waals surface area contributed by atoms with Crippen molar-refractivity contribution in [2.24, 2.45) is 0 Å². The maximum atomic E-state index is 12.0. The molecule has 0 amide bonds. The predicted molar refractivity (Wildman–Crippen MR) is 67.3 cm³/mol. The van der Waals surface area contributed by atoms with Gasteiger partial charge in [-0.3, -0.25) is 4.79 Å². The molecule has 0 atom stereocenters. The average molecular weight is 225 g/mol. The Bertz CT molecular complexity index is 715. The van der Waals surface area contributed by atoms with Gasteiger partial charge in [0, 0.05) is 6.20 Å². The molecule has 0 saturated carbocycles. The summed E-state index contributed by atoms with van der Waals surface area (Å²) in [4.78, 5) is 17.0. The number of hydrogen-bond acceptors (Lipinski definition) is 2. The van der Waals surface area contributed by atoms with Gasteiger partial charge in [-0.25, -0.2) is 0 Å². The molecule has 1 heterocycles. The van der Waals surface area contributed by atoms with E-state index in [0.717, 1.165) is 16.5 Å². The van der Waals surface area contributed by atoms with E-state index in [1.165, 1.54) is 11.8 Å². The van der Waals surface area contributed by atoms with Crippen LogP contribution >= 0.6 is 0 Å². The molecule has 3 rings (SSSR count). The molecule has 3 heteroatoms. The summed E-state index contributed by atoms with van der Waals surface area (Å²) < 4.78 is 1.24. The van der Waals surface area contributed by atoms with Crippen molar-refractivity contribution in [2.75, 3.05) is 7.11 Å². The molecule has 0 N–H and O–H groups in total. The summed E-state index contributed by atoms with van der Waals surface area (Å²) >= 11 is 0. The fourth-order valence-corrected chi connectivity index (χ4v) is 2.14. The van der Waals surface area contributed by atoms with Gasteiger partial charge in [-0.2, -0.15) is 4.73 Å². The smallest absolute Gasteiger partial charge is 0.290 e. The quantitative estimate of drug-likeness (QED) is 0.635. The minimum absolute atomic E-state index is 0.121. The second kappa shape index (κ2) is 3.63. The van der Waals surface area contributed by atoms with E-state index in [9.17, 15) is 4.79 Å². The Morgan fingerprint density at radius 2 is 1.88 bits per heavy atom. The molecule has 17 heavy (non-hydrogen) atoms.